The number of aryl methyl sites for hydroxylation is 2. The fraction of sp³-hybridized carbons (Fsp3) is 0.176. The molecule has 0 heterocycles. The van der Waals surface area contributed by atoms with Crippen LogP contribution in [0.5, 0.6) is 0 Å². The summed E-state index contributed by atoms with van der Waals surface area (Å²) in [6.45, 7) is 3.89. The summed E-state index contributed by atoms with van der Waals surface area (Å²) in [5.41, 5.74) is 3.07. The monoisotopic (exact) mass is 282 g/mol. The number of rotatable bonds is 3. The largest absolute Gasteiger partial charge is 0.325 e. The molecular weight excluding hydrogens is 267 g/mol. The summed E-state index contributed by atoms with van der Waals surface area (Å²) in [6, 6.07) is 11.8. The first kappa shape index (κ1) is 14.7. The van der Waals surface area contributed by atoms with E-state index in [0.29, 0.717) is 0 Å². The van der Waals surface area contributed by atoms with Crippen LogP contribution in [0.4, 0.5) is 10.1 Å². The van der Waals surface area contributed by atoms with Gasteiger partial charge in [0.05, 0.1) is 12.1 Å². The second kappa shape index (κ2) is 6.19. The lowest BCUT2D eigenvalue weighted by atomic mass is 10.0. The van der Waals surface area contributed by atoms with Gasteiger partial charge in [-0.25, -0.2) is 4.39 Å². The molecule has 0 atom stereocenters. The number of nitriles is 1. The van der Waals surface area contributed by atoms with Crippen molar-refractivity contribution in [1.29, 1.82) is 5.26 Å². The number of anilines is 1. The van der Waals surface area contributed by atoms with E-state index in [9.17, 15) is 9.18 Å². The van der Waals surface area contributed by atoms with Gasteiger partial charge in [-0.15, -0.1) is 0 Å². The molecule has 0 bridgehead atoms. The molecule has 0 aliphatic heterocycles. The van der Waals surface area contributed by atoms with Crippen LogP contribution >= 0.6 is 0 Å². The minimum absolute atomic E-state index is 0.146. The predicted molar refractivity (Wildman–Crippen MR) is 79.4 cm³/mol. The van der Waals surface area contributed by atoms with E-state index in [1.165, 1.54) is 18.2 Å². The zero-order valence-corrected chi connectivity index (χ0v) is 11.9. The molecule has 106 valence electrons. The van der Waals surface area contributed by atoms with E-state index in [1.807, 2.05) is 32.0 Å². The van der Waals surface area contributed by atoms with Crippen LogP contribution < -0.4 is 5.32 Å². The van der Waals surface area contributed by atoms with Crippen LogP contribution in [0.15, 0.2) is 36.4 Å². The molecule has 3 nitrogen and oxygen atoms in total. The first-order valence-electron chi connectivity index (χ1n) is 6.56. The lowest BCUT2D eigenvalue weighted by Crippen LogP contribution is -2.16. The van der Waals surface area contributed by atoms with Gasteiger partial charge >= 0.3 is 0 Å². The summed E-state index contributed by atoms with van der Waals surface area (Å²) in [7, 11) is 0. The highest BCUT2D eigenvalue weighted by Gasteiger charge is 2.12. The summed E-state index contributed by atoms with van der Waals surface area (Å²) >= 11 is 0. The third kappa shape index (κ3) is 3.46. The van der Waals surface area contributed by atoms with Crippen LogP contribution in [0.1, 0.15) is 22.3 Å². The Kier molecular flexibility index (Phi) is 4.34. The zero-order valence-electron chi connectivity index (χ0n) is 11.9. The Hall–Kier alpha value is -2.67. The van der Waals surface area contributed by atoms with Gasteiger partial charge in [0.1, 0.15) is 17.4 Å². The highest BCUT2D eigenvalue weighted by Crippen LogP contribution is 2.18. The average Bonchev–Trinajstić information content (AvgIpc) is 2.43. The first-order valence-corrected chi connectivity index (χ1v) is 6.56. The highest BCUT2D eigenvalue weighted by molar-refractivity contribution is 5.93. The van der Waals surface area contributed by atoms with Crippen molar-refractivity contribution >= 4 is 11.6 Å². The molecule has 0 unspecified atom stereocenters. The van der Waals surface area contributed by atoms with Crippen LogP contribution in [0, 0.1) is 31.0 Å². The minimum Gasteiger partial charge on any atom is -0.325 e. The fourth-order valence-corrected chi connectivity index (χ4v) is 2.10. The molecule has 2 aromatic rings. The van der Waals surface area contributed by atoms with Gasteiger partial charge in [0.15, 0.2) is 0 Å². The molecule has 0 radical (unpaired) electrons. The Morgan fingerprint density at radius 3 is 2.76 bits per heavy atom. The molecule has 1 amide bonds. The summed E-state index contributed by atoms with van der Waals surface area (Å²) in [5, 5.41) is 11.5. The van der Waals surface area contributed by atoms with Crippen LogP contribution in [0.2, 0.25) is 0 Å². The number of carbonyl (C=O) groups excluding carboxylic acids is 1. The van der Waals surface area contributed by atoms with E-state index in [-0.39, 0.29) is 23.6 Å². The Bertz CT molecular complexity index is 732. The molecular formula is C17H15FN2O. The van der Waals surface area contributed by atoms with Gasteiger partial charge in [0, 0.05) is 0 Å². The molecule has 0 aromatic heterocycles. The third-order valence-electron chi connectivity index (χ3n) is 3.26. The predicted octanol–water partition coefficient (Wildman–Crippen LogP) is 3.50. The molecule has 0 saturated carbocycles. The van der Waals surface area contributed by atoms with Crippen molar-refractivity contribution in [3.63, 3.8) is 0 Å². The quantitative estimate of drug-likeness (QED) is 0.936. The topological polar surface area (TPSA) is 52.9 Å². The smallest absolute Gasteiger partial charge is 0.228 e. The Morgan fingerprint density at radius 1 is 1.29 bits per heavy atom. The van der Waals surface area contributed by atoms with Gasteiger partial charge in [0.25, 0.3) is 0 Å². The molecule has 0 aliphatic rings. The first-order chi connectivity index (χ1) is 10.0. The third-order valence-corrected chi connectivity index (χ3v) is 3.26. The number of hydrogen-bond donors (Lipinski definition) is 1. The second-order valence-corrected chi connectivity index (χ2v) is 4.93. The maximum absolute atomic E-state index is 13.5. The molecule has 0 aliphatic carbocycles. The Balaban J connectivity index is 2.18. The second-order valence-electron chi connectivity index (χ2n) is 4.93. The van der Waals surface area contributed by atoms with Gasteiger partial charge < -0.3 is 5.32 Å². The van der Waals surface area contributed by atoms with Crippen molar-refractivity contribution in [2.24, 2.45) is 0 Å². The summed E-state index contributed by atoms with van der Waals surface area (Å²) in [6.07, 6.45) is 0.189. The number of halogens is 1. The van der Waals surface area contributed by atoms with Gasteiger partial charge in [-0.05, 0) is 37.1 Å². The van der Waals surface area contributed by atoms with Crippen molar-refractivity contribution in [2.75, 3.05) is 5.32 Å². The van der Waals surface area contributed by atoms with Gasteiger partial charge in [0.2, 0.25) is 5.91 Å². The number of nitrogens with one attached hydrogen (secondary N) is 1. The summed E-state index contributed by atoms with van der Waals surface area (Å²) in [4.78, 5) is 12.1. The number of benzene rings is 2. The Labute approximate surface area is 123 Å². The fourth-order valence-electron chi connectivity index (χ4n) is 2.10. The van der Waals surface area contributed by atoms with Crippen LogP contribution in [0.25, 0.3) is 0 Å². The van der Waals surface area contributed by atoms with Gasteiger partial charge in [-0.3, -0.25) is 4.79 Å². The maximum atomic E-state index is 13.5. The molecule has 0 saturated heterocycles. The maximum Gasteiger partial charge on any atom is 0.228 e. The summed E-state index contributed by atoms with van der Waals surface area (Å²) in [5.74, 6) is -0.909. The van der Waals surface area contributed by atoms with E-state index in [1.54, 1.807) is 6.07 Å². The van der Waals surface area contributed by atoms with E-state index in [0.717, 1.165) is 16.7 Å². The van der Waals surface area contributed by atoms with Crippen LogP contribution in [-0.2, 0) is 11.2 Å². The van der Waals surface area contributed by atoms with Gasteiger partial charge in [-0.1, -0.05) is 29.8 Å². The van der Waals surface area contributed by atoms with Crippen molar-refractivity contribution in [3.05, 3.63) is 64.5 Å². The van der Waals surface area contributed by atoms with Crippen LogP contribution in [-0.4, -0.2) is 5.91 Å². The summed E-state index contributed by atoms with van der Waals surface area (Å²) < 4.78 is 13.5. The standard InChI is InChI=1S/C17H15FN2O/c1-11-6-7-12(2)13(8-11)9-17(21)20-16-5-3-4-15(18)14(16)10-19/h3-8H,9H2,1-2H3,(H,20,21). The molecule has 21 heavy (non-hydrogen) atoms. The minimum atomic E-state index is -0.637. The molecule has 2 rings (SSSR count). The average molecular weight is 282 g/mol. The van der Waals surface area contributed by atoms with E-state index >= 15 is 0 Å². The van der Waals surface area contributed by atoms with Crippen molar-refractivity contribution < 1.29 is 9.18 Å². The molecule has 0 spiro atoms. The number of carbonyl (C=O) groups is 1. The van der Waals surface area contributed by atoms with Crippen molar-refractivity contribution in [1.82, 2.24) is 0 Å². The molecule has 4 heteroatoms. The van der Waals surface area contributed by atoms with E-state index < -0.39 is 5.82 Å². The number of hydrogen-bond acceptors (Lipinski definition) is 2. The van der Waals surface area contributed by atoms with Crippen molar-refractivity contribution in [3.8, 4) is 6.07 Å². The van der Waals surface area contributed by atoms with E-state index in [2.05, 4.69) is 5.32 Å². The molecule has 1 N–H and O–H groups in total. The lowest BCUT2D eigenvalue weighted by molar-refractivity contribution is -0.115. The van der Waals surface area contributed by atoms with E-state index in [4.69, 9.17) is 5.26 Å². The van der Waals surface area contributed by atoms with Gasteiger partial charge in [-0.2, -0.15) is 5.26 Å². The van der Waals surface area contributed by atoms with Crippen molar-refractivity contribution in [2.45, 2.75) is 20.3 Å². The lowest BCUT2D eigenvalue weighted by Gasteiger charge is -2.09. The molecule has 0 fully saturated rings. The highest BCUT2D eigenvalue weighted by atomic mass is 19.1. The van der Waals surface area contributed by atoms with Crippen LogP contribution in [0.3, 0.4) is 0 Å². The normalized spacial score (nSPS) is 10.0. The zero-order chi connectivity index (χ0) is 15.4. The SMILES string of the molecule is Cc1ccc(C)c(CC(=O)Nc2cccc(F)c2C#N)c1. The Morgan fingerprint density at radius 2 is 2.05 bits per heavy atom. The number of amides is 1. The number of nitrogens with zero attached hydrogens (tertiary/aromatic N) is 1. The molecule has 2 aromatic carbocycles.